The number of hydrogen-bond acceptors (Lipinski definition) is 2. The van der Waals surface area contributed by atoms with E-state index in [4.69, 9.17) is 5.11 Å². The van der Waals surface area contributed by atoms with Crippen LogP contribution in [-0.2, 0) is 9.59 Å². The molecule has 4 unspecified atom stereocenters. The van der Waals surface area contributed by atoms with E-state index in [9.17, 15) is 9.59 Å². The minimum Gasteiger partial charge on any atom is -0.481 e. The normalized spacial score (nSPS) is 31.5. The van der Waals surface area contributed by atoms with Crippen molar-refractivity contribution < 1.29 is 14.7 Å². The Balaban J connectivity index is 1.88. The first-order valence-electron chi connectivity index (χ1n) is 6.30. The number of fused-ring (bicyclic) bond motifs is 2. The number of rotatable bonds is 5. The summed E-state index contributed by atoms with van der Waals surface area (Å²) in [6.45, 7) is 1.90. The van der Waals surface area contributed by atoms with Gasteiger partial charge in [0.15, 0.2) is 0 Å². The minimum absolute atomic E-state index is 0.0128. The van der Waals surface area contributed by atoms with Crippen LogP contribution in [0.3, 0.4) is 0 Å². The molecule has 0 spiro atoms. The molecule has 1 fully saturated rings. The summed E-state index contributed by atoms with van der Waals surface area (Å²) in [7, 11) is 0. The predicted molar refractivity (Wildman–Crippen MR) is 63.3 cm³/mol. The van der Waals surface area contributed by atoms with E-state index in [1.165, 1.54) is 0 Å². The Morgan fingerprint density at radius 2 is 2.18 bits per heavy atom. The topological polar surface area (TPSA) is 66.4 Å². The molecule has 4 heteroatoms. The van der Waals surface area contributed by atoms with Gasteiger partial charge in [-0.15, -0.1) is 0 Å². The molecule has 94 valence electrons. The second kappa shape index (κ2) is 4.90. The minimum atomic E-state index is -0.856. The maximum Gasteiger partial charge on any atom is 0.305 e. The molecule has 2 rings (SSSR count). The molecule has 2 aliphatic rings. The summed E-state index contributed by atoms with van der Waals surface area (Å²) in [6, 6.07) is -0.233. The van der Waals surface area contributed by atoms with E-state index < -0.39 is 5.97 Å². The first-order valence-corrected chi connectivity index (χ1v) is 6.30. The molecule has 0 aliphatic heterocycles. The van der Waals surface area contributed by atoms with Crippen molar-refractivity contribution in [2.24, 2.45) is 17.8 Å². The van der Waals surface area contributed by atoms with Crippen LogP contribution >= 0.6 is 0 Å². The Bertz CT molecular complexity index is 351. The zero-order valence-corrected chi connectivity index (χ0v) is 10.1. The van der Waals surface area contributed by atoms with Crippen molar-refractivity contribution >= 4 is 11.9 Å². The Labute approximate surface area is 101 Å². The Morgan fingerprint density at radius 3 is 2.65 bits per heavy atom. The highest BCUT2D eigenvalue weighted by Crippen LogP contribution is 2.43. The van der Waals surface area contributed by atoms with E-state index in [-0.39, 0.29) is 24.3 Å². The molecule has 0 aromatic carbocycles. The van der Waals surface area contributed by atoms with Crippen molar-refractivity contribution in [1.29, 1.82) is 0 Å². The van der Waals surface area contributed by atoms with Crippen LogP contribution in [0.2, 0.25) is 0 Å². The molecule has 1 amide bonds. The number of aliphatic carboxylic acids is 1. The summed E-state index contributed by atoms with van der Waals surface area (Å²) in [5.74, 6) is 0.186. The molecule has 2 aliphatic carbocycles. The third kappa shape index (κ3) is 2.68. The Kier molecular flexibility index (Phi) is 3.50. The van der Waals surface area contributed by atoms with Crippen LogP contribution in [0.15, 0.2) is 12.2 Å². The van der Waals surface area contributed by atoms with Gasteiger partial charge in [0.2, 0.25) is 5.91 Å². The number of carbonyl (C=O) groups excluding carboxylic acids is 1. The fourth-order valence-corrected chi connectivity index (χ4v) is 2.90. The highest BCUT2D eigenvalue weighted by atomic mass is 16.4. The number of carbonyl (C=O) groups is 2. The van der Waals surface area contributed by atoms with E-state index in [0.29, 0.717) is 18.3 Å². The zero-order chi connectivity index (χ0) is 12.4. The van der Waals surface area contributed by atoms with Gasteiger partial charge in [0, 0.05) is 12.0 Å². The molecule has 4 atom stereocenters. The molecular weight excluding hydrogens is 218 g/mol. The monoisotopic (exact) mass is 237 g/mol. The van der Waals surface area contributed by atoms with Crippen LogP contribution in [0, 0.1) is 17.8 Å². The highest BCUT2D eigenvalue weighted by Gasteiger charge is 2.40. The maximum absolute atomic E-state index is 12.0. The quantitative estimate of drug-likeness (QED) is 0.713. The largest absolute Gasteiger partial charge is 0.481 e. The second-order valence-corrected chi connectivity index (χ2v) is 5.10. The molecule has 2 bridgehead atoms. The average molecular weight is 237 g/mol. The van der Waals surface area contributed by atoms with Crippen LogP contribution < -0.4 is 5.32 Å². The Hall–Kier alpha value is -1.32. The molecular formula is C13H19NO3. The van der Waals surface area contributed by atoms with E-state index in [1.54, 1.807) is 0 Å². The average Bonchev–Trinajstić information content (AvgIpc) is 2.88. The van der Waals surface area contributed by atoms with E-state index in [0.717, 1.165) is 12.8 Å². The predicted octanol–water partition coefficient (Wildman–Crippen LogP) is 1.57. The van der Waals surface area contributed by atoms with Crippen LogP contribution in [0.25, 0.3) is 0 Å². The SMILES string of the molecule is CCC(CC(=O)O)NC(=O)C1CC2C=CC1C2. The lowest BCUT2D eigenvalue weighted by molar-refractivity contribution is -0.137. The number of hydrogen-bond donors (Lipinski definition) is 2. The van der Waals surface area contributed by atoms with Crippen molar-refractivity contribution in [2.45, 2.75) is 38.6 Å². The fraction of sp³-hybridized carbons (Fsp3) is 0.692. The first-order chi connectivity index (χ1) is 8.10. The maximum atomic E-state index is 12.0. The number of carboxylic acids is 1. The summed E-state index contributed by atoms with van der Waals surface area (Å²) >= 11 is 0. The smallest absolute Gasteiger partial charge is 0.305 e. The molecule has 0 saturated heterocycles. The van der Waals surface area contributed by atoms with Gasteiger partial charge >= 0.3 is 5.97 Å². The molecule has 0 aromatic rings. The number of allylic oxidation sites excluding steroid dienone is 2. The number of carboxylic acid groups (broad SMARTS) is 1. The summed E-state index contributed by atoms with van der Waals surface area (Å²) in [5.41, 5.74) is 0. The summed E-state index contributed by atoms with van der Waals surface area (Å²) in [6.07, 6.45) is 7.03. The molecule has 17 heavy (non-hydrogen) atoms. The summed E-state index contributed by atoms with van der Waals surface area (Å²) < 4.78 is 0. The van der Waals surface area contributed by atoms with Crippen molar-refractivity contribution in [3.05, 3.63) is 12.2 Å². The zero-order valence-electron chi connectivity index (χ0n) is 10.1. The van der Waals surface area contributed by atoms with Gasteiger partial charge in [-0.25, -0.2) is 0 Å². The highest BCUT2D eigenvalue weighted by molar-refractivity contribution is 5.81. The summed E-state index contributed by atoms with van der Waals surface area (Å²) in [4.78, 5) is 22.7. The number of amides is 1. The van der Waals surface area contributed by atoms with Crippen molar-refractivity contribution in [3.8, 4) is 0 Å². The van der Waals surface area contributed by atoms with Crippen molar-refractivity contribution in [2.75, 3.05) is 0 Å². The molecule has 4 nitrogen and oxygen atoms in total. The van der Waals surface area contributed by atoms with E-state index in [2.05, 4.69) is 17.5 Å². The molecule has 2 N–H and O–H groups in total. The third-order valence-corrected chi connectivity index (χ3v) is 3.88. The second-order valence-electron chi connectivity index (χ2n) is 5.10. The van der Waals surface area contributed by atoms with Crippen molar-refractivity contribution in [3.63, 3.8) is 0 Å². The van der Waals surface area contributed by atoms with Gasteiger partial charge < -0.3 is 10.4 Å². The molecule has 1 saturated carbocycles. The van der Waals surface area contributed by atoms with Crippen LogP contribution in [0.4, 0.5) is 0 Å². The number of nitrogens with one attached hydrogen (secondary N) is 1. The van der Waals surface area contributed by atoms with Crippen LogP contribution in [0.1, 0.15) is 32.6 Å². The Morgan fingerprint density at radius 1 is 1.41 bits per heavy atom. The van der Waals surface area contributed by atoms with Gasteiger partial charge in [-0.3, -0.25) is 9.59 Å². The lowest BCUT2D eigenvalue weighted by Gasteiger charge is -2.21. The lowest BCUT2D eigenvalue weighted by Crippen LogP contribution is -2.40. The third-order valence-electron chi connectivity index (χ3n) is 3.88. The molecule has 0 heterocycles. The standard InChI is InChI=1S/C13H19NO3/c1-2-10(7-12(15)16)14-13(17)11-6-8-3-4-9(11)5-8/h3-4,8-11H,2,5-7H2,1H3,(H,14,17)(H,15,16). The van der Waals surface area contributed by atoms with Gasteiger partial charge in [0.1, 0.15) is 0 Å². The van der Waals surface area contributed by atoms with Crippen LogP contribution in [-0.4, -0.2) is 23.0 Å². The van der Waals surface area contributed by atoms with E-state index in [1.807, 2.05) is 6.92 Å². The van der Waals surface area contributed by atoms with Gasteiger partial charge in [0.05, 0.1) is 6.42 Å². The fourth-order valence-electron chi connectivity index (χ4n) is 2.90. The molecule has 0 radical (unpaired) electrons. The van der Waals surface area contributed by atoms with Gasteiger partial charge in [0.25, 0.3) is 0 Å². The summed E-state index contributed by atoms with van der Waals surface area (Å²) in [5, 5.41) is 11.6. The van der Waals surface area contributed by atoms with E-state index >= 15 is 0 Å². The van der Waals surface area contributed by atoms with Gasteiger partial charge in [-0.2, -0.15) is 0 Å². The van der Waals surface area contributed by atoms with Gasteiger partial charge in [-0.1, -0.05) is 19.1 Å². The van der Waals surface area contributed by atoms with Gasteiger partial charge in [-0.05, 0) is 31.1 Å². The first kappa shape index (κ1) is 12.1. The lowest BCUT2D eigenvalue weighted by atomic mass is 9.92. The van der Waals surface area contributed by atoms with Crippen molar-refractivity contribution in [1.82, 2.24) is 5.32 Å². The molecule has 0 aromatic heterocycles. The van der Waals surface area contributed by atoms with Crippen LogP contribution in [0.5, 0.6) is 0 Å².